The zero-order valence-corrected chi connectivity index (χ0v) is 39.2. The van der Waals surface area contributed by atoms with Gasteiger partial charge < -0.3 is 96.0 Å². The van der Waals surface area contributed by atoms with E-state index in [2.05, 4.69) is 0 Å². The average Bonchev–Trinajstić information content (AvgIpc) is 3.17. The fraction of sp³-hybridized carbons (Fsp3) is 1.00. The maximum absolute atomic E-state index is 12.3. The van der Waals surface area contributed by atoms with Gasteiger partial charge >= 0.3 is 31.3 Å². The number of hydrogen-bond acceptors (Lipinski definition) is 20. The van der Waals surface area contributed by atoms with Crippen LogP contribution < -0.4 is 0 Å². The molecule has 0 bridgehead atoms. The fourth-order valence-corrected chi connectivity index (χ4v) is 9.21. The van der Waals surface area contributed by atoms with Gasteiger partial charge in [0.2, 0.25) is 0 Å². The highest BCUT2D eigenvalue weighted by atomic mass is 31.2. The molecule has 2 saturated carbocycles. The molecule has 0 amide bonds. The lowest BCUT2D eigenvalue weighted by Gasteiger charge is -2.48. The van der Waals surface area contributed by atoms with Crippen molar-refractivity contribution in [3.63, 3.8) is 0 Å². The molecule has 0 aliphatic heterocycles. The van der Waals surface area contributed by atoms with Crippen LogP contribution >= 0.6 is 31.3 Å². The molecule has 0 heterocycles. The van der Waals surface area contributed by atoms with Crippen LogP contribution in [0.2, 0.25) is 0 Å². The van der Waals surface area contributed by atoms with E-state index < -0.39 is 105 Å². The summed E-state index contributed by atoms with van der Waals surface area (Å²) < 4.78 is 135. The molecule has 2 aliphatic carbocycles. The molecule has 63 heavy (non-hydrogen) atoms. The highest BCUT2D eigenvalue weighted by Crippen LogP contribution is 2.51. The van der Waals surface area contributed by atoms with Crippen LogP contribution in [0.3, 0.4) is 0 Å². The summed E-state index contributed by atoms with van der Waals surface area (Å²) >= 11 is 0. The Morgan fingerprint density at radius 3 is 0.857 bits per heavy atom. The molecule has 28 nitrogen and oxygen atoms in total. The summed E-state index contributed by atoms with van der Waals surface area (Å²) in [6.07, 6.45) is -17.6. The van der Waals surface area contributed by atoms with E-state index in [0.717, 1.165) is 14.2 Å². The molecule has 0 spiro atoms. The third kappa shape index (κ3) is 21.4. The monoisotopic (exact) mass is 1010 g/mol. The normalized spacial score (nSPS) is 29.9. The Hall–Kier alpha value is -0.0400. The maximum atomic E-state index is 12.3. The molecular formula is C31H64O28P4. The second-order valence-corrected chi connectivity index (χ2v) is 18.4. The Kier molecular flexibility index (Phi) is 27.3. The largest absolute Gasteiger partial charge is 0.470 e. The molecular weight excluding hydrogens is 944 g/mol. The molecule has 0 aromatic carbocycles. The SMILES string of the molecule is COCCOCCO[C@@H]1[C@@H](OC)[C@@H](OCCCCCO[C@H]2[C@@H](OP(=O)(O)O)[C@H](OC)[C@@H](OC)[C@H](OP(=O)(O)O)[C@H]2OP(=O)(O)O)[C@@H](OC)[C@H](OCCOCCOC)[C@H]1OP(=O)(O)O. The van der Waals surface area contributed by atoms with Gasteiger partial charge in [-0.3, -0.25) is 18.1 Å². The first-order valence-electron chi connectivity index (χ1n) is 19.2. The molecule has 12 atom stereocenters. The molecule has 0 aromatic heterocycles. The van der Waals surface area contributed by atoms with Crippen molar-refractivity contribution in [3.8, 4) is 0 Å². The fourth-order valence-electron chi connectivity index (χ4n) is 6.98. The molecule has 0 radical (unpaired) electrons. The Balaban J connectivity index is 2.30. The van der Waals surface area contributed by atoms with Gasteiger partial charge in [-0.1, -0.05) is 0 Å². The first-order valence-corrected chi connectivity index (χ1v) is 25.3. The molecule has 376 valence electrons. The van der Waals surface area contributed by atoms with Gasteiger partial charge in [-0.2, -0.15) is 0 Å². The first kappa shape index (κ1) is 59.1. The zero-order chi connectivity index (χ0) is 47.4. The van der Waals surface area contributed by atoms with Gasteiger partial charge in [0.15, 0.2) is 0 Å². The second kappa shape index (κ2) is 29.1. The zero-order valence-electron chi connectivity index (χ0n) is 35.7. The van der Waals surface area contributed by atoms with Crippen LogP contribution in [-0.4, -0.2) is 221 Å². The topological polar surface area (TPSA) is 378 Å². The van der Waals surface area contributed by atoms with Crippen molar-refractivity contribution < 1.29 is 132 Å². The van der Waals surface area contributed by atoms with E-state index in [4.69, 9.17) is 74.9 Å². The van der Waals surface area contributed by atoms with Gasteiger partial charge in [-0.25, -0.2) is 18.3 Å². The Morgan fingerprint density at radius 2 is 0.540 bits per heavy atom. The van der Waals surface area contributed by atoms with E-state index in [-0.39, 0.29) is 65.7 Å². The molecule has 2 aliphatic rings. The number of methoxy groups -OCH3 is 6. The first-order chi connectivity index (χ1) is 29.6. The third-order valence-corrected chi connectivity index (χ3v) is 11.4. The van der Waals surface area contributed by atoms with Crippen molar-refractivity contribution in [2.24, 2.45) is 0 Å². The van der Waals surface area contributed by atoms with Crippen LogP contribution in [0.15, 0.2) is 0 Å². The van der Waals surface area contributed by atoms with Crippen LogP contribution in [0.1, 0.15) is 19.3 Å². The highest BCUT2D eigenvalue weighted by Gasteiger charge is 2.59. The number of hydrogen-bond donors (Lipinski definition) is 8. The van der Waals surface area contributed by atoms with Crippen molar-refractivity contribution in [1.82, 2.24) is 0 Å². The molecule has 8 N–H and O–H groups in total. The predicted octanol–water partition coefficient (Wildman–Crippen LogP) is -0.978. The third-order valence-electron chi connectivity index (χ3n) is 9.36. The van der Waals surface area contributed by atoms with E-state index in [0.29, 0.717) is 19.6 Å². The minimum atomic E-state index is -5.53. The molecule has 0 aromatic rings. The van der Waals surface area contributed by atoms with Crippen molar-refractivity contribution in [2.75, 3.05) is 109 Å². The second-order valence-electron chi connectivity index (χ2n) is 13.7. The standard InChI is InChI=1S/C31H64O28P4/c1-44-12-14-50-16-18-54-25-22(48-5)24(23(49-6)26(30(25)58-62(38,39)40)55-19-17-51-15-13-45-2)52-10-8-7-9-11-53-27-28(56-60(32,33)34)20(46-3)21(47-4)29(57-61(35,36)37)31(27)59-63(41,42)43/h20-31H,7-19H2,1-6H3,(H2,32,33,34)(H2,35,36,37)(H2,38,39,40)(H2,41,42,43)/t20-,21-,22-,23+,24+,25+,26-,27+,28+,29+,30-,31+/m1/s1. The number of unbranched alkanes of at least 4 members (excludes halogenated alkanes) is 2. The van der Waals surface area contributed by atoms with E-state index in [9.17, 15) is 57.4 Å². The van der Waals surface area contributed by atoms with Gasteiger partial charge in [-0.05, 0) is 19.3 Å². The summed E-state index contributed by atoms with van der Waals surface area (Å²) in [7, 11) is -13.9. The lowest BCUT2D eigenvalue weighted by molar-refractivity contribution is -0.265. The van der Waals surface area contributed by atoms with E-state index >= 15 is 0 Å². The van der Waals surface area contributed by atoms with E-state index in [1.807, 2.05) is 0 Å². The number of rotatable bonds is 34. The quantitative estimate of drug-likeness (QED) is 0.0284. The van der Waals surface area contributed by atoms with Crippen molar-refractivity contribution in [3.05, 3.63) is 0 Å². The Labute approximate surface area is 364 Å². The molecule has 0 saturated heterocycles. The minimum absolute atomic E-state index is 0.00905. The summed E-state index contributed by atoms with van der Waals surface area (Å²) in [6.45, 7) is 0.765. The van der Waals surface area contributed by atoms with Crippen LogP contribution in [0, 0.1) is 0 Å². The average molecular weight is 1010 g/mol. The number of ether oxygens (including phenoxy) is 12. The summed E-state index contributed by atoms with van der Waals surface area (Å²) in [5.74, 6) is 0. The summed E-state index contributed by atoms with van der Waals surface area (Å²) in [4.78, 5) is 78.0. The predicted molar refractivity (Wildman–Crippen MR) is 209 cm³/mol. The van der Waals surface area contributed by atoms with Crippen molar-refractivity contribution >= 4 is 31.3 Å². The molecule has 2 rings (SSSR count). The molecule has 0 unspecified atom stereocenters. The highest BCUT2D eigenvalue weighted by molar-refractivity contribution is 7.47. The van der Waals surface area contributed by atoms with Gasteiger partial charge in [0.1, 0.15) is 73.2 Å². The van der Waals surface area contributed by atoms with E-state index in [1.54, 1.807) is 0 Å². The van der Waals surface area contributed by atoms with Gasteiger partial charge in [0, 0.05) is 55.9 Å². The van der Waals surface area contributed by atoms with Crippen molar-refractivity contribution in [1.29, 1.82) is 0 Å². The summed E-state index contributed by atoms with van der Waals surface area (Å²) in [5, 5.41) is 0. The summed E-state index contributed by atoms with van der Waals surface area (Å²) in [5.41, 5.74) is 0. The van der Waals surface area contributed by atoms with Gasteiger partial charge in [0.05, 0.1) is 52.9 Å². The van der Waals surface area contributed by atoms with Crippen LogP contribution in [0.5, 0.6) is 0 Å². The Morgan fingerprint density at radius 1 is 0.302 bits per heavy atom. The molecule has 2 fully saturated rings. The van der Waals surface area contributed by atoms with Crippen LogP contribution in [-0.2, 0) is 93.2 Å². The summed E-state index contributed by atoms with van der Waals surface area (Å²) in [6, 6.07) is 0. The van der Waals surface area contributed by atoms with Gasteiger partial charge in [0.25, 0.3) is 0 Å². The van der Waals surface area contributed by atoms with Crippen LogP contribution in [0.25, 0.3) is 0 Å². The molecule has 32 heteroatoms. The smallest absolute Gasteiger partial charge is 0.382 e. The Bertz CT molecular complexity index is 1410. The number of phosphoric acid groups is 4. The lowest BCUT2D eigenvalue weighted by atomic mass is 9.84. The maximum Gasteiger partial charge on any atom is 0.470 e. The van der Waals surface area contributed by atoms with Gasteiger partial charge in [-0.15, -0.1) is 0 Å². The van der Waals surface area contributed by atoms with Crippen molar-refractivity contribution in [2.45, 2.75) is 92.5 Å². The van der Waals surface area contributed by atoms with E-state index in [1.165, 1.54) is 28.4 Å². The number of phosphoric ester groups is 4. The minimum Gasteiger partial charge on any atom is -0.382 e. The van der Waals surface area contributed by atoms with Crippen LogP contribution in [0.4, 0.5) is 0 Å². The lowest BCUT2D eigenvalue weighted by Crippen LogP contribution is -2.67.